The molecule has 4 rings (SSSR count). The van der Waals surface area contributed by atoms with Gasteiger partial charge in [-0.3, -0.25) is 19.3 Å². The molecular weight excluding hydrogens is 446 g/mol. The van der Waals surface area contributed by atoms with Gasteiger partial charge in [-0.2, -0.15) is 0 Å². The van der Waals surface area contributed by atoms with E-state index in [4.69, 9.17) is 0 Å². The van der Waals surface area contributed by atoms with E-state index >= 15 is 0 Å². The van der Waals surface area contributed by atoms with Crippen LogP contribution in [-0.2, 0) is 9.59 Å². The van der Waals surface area contributed by atoms with Crippen molar-refractivity contribution in [2.75, 3.05) is 23.8 Å². The number of rotatable bonds is 4. The fourth-order valence-corrected chi connectivity index (χ4v) is 5.48. The summed E-state index contributed by atoms with van der Waals surface area (Å²) >= 11 is 0.882. The van der Waals surface area contributed by atoms with Crippen LogP contribution in [0.15, 0.2) is 41.3 Å². The van der Waals surface area contributed by atoms with Crippen LogP contribution in [0.4, 0.5) is 16.2 Å². The van der Waals surface area contributed by atoms with Crippen LogP contribution in [-0.4, -0.2) is 41.1 Å². The maximum atomic E-state index is 13.0. The topological polar surface area (TPSA) is 69.7 Å². The summed E-state index contributed by atoms with van der Waals surface area (Å²) in [4.78, 5) is 41.6. The van der Waals surface area contributed by atoms with Crippen molar-refractivity contribution in [1.29, 1.82) is 0 Å². The molecule has 1 fully saturated rings. The number of thioether (sulfide) groups is 1. The normalized spacial score (nSPS) is 20.6. The lowest BCUT2D eigenvalue weighted by Crippen LogP contribution is -2.45. The summed E-state index contributed by atoms with van der Waals surface area (Å²) in [7, 11) is 2.12. The van der Waals surface area contributed by atoms with Gasteiger partial charge in [-0.1, -0.05) is 24.6 Å². The van der Waals surface area contributed by atoms with Crippen LogP contribution in [0.2, 0.25) is 0 Å². The average molecular weight is 478 g/mol. The molecule has 34 heavy (non-hydrogen) atoms. The molecule has 0 radical (unpaired) electrons. The summed E-state index contributed by atoms with van der Waals surface area (Å²) in [6, 6.07) is 11.7. The van der Waals surface area contributed by atoms with Crippen molar-refractivity contribution in [2.45, 2.75) is 52.5 Å². The summed E-state index contributed by atoms with van der Waals surface area (Å²) in [5.41, 5.74) is 6.20. The number of carbonyl (C=O) groups excluding carboxylic acids is 3. The molecule has 7 heteroatoms. The van der Waals surface area contributed by atoms with Gasteiger partial charge in [0.05, 0.1) is 4.91 Å². The third-order valence-electron chi connectivity index (χ3n) is 6.82. The molecule has 2 aromatic rings. The van der Waals surface area contributed by atoms with E-state index < -0.39 is 17.1 Å². The van der Waals surface area contributed by atoms with Gasteiger partial charge < -0.3 is 10.2 Å². The average Bonchev–Trinajstić information content (AvgIpc) is 3.02. The van der Waals surface area contributed by atoms with Crippen LogP contribution >= 0.6 is 11.8 Å². The van der Waals surface area contributed by atoms with Gasteiger partial charge in [0.25, 0.3) is 11.1 Å². The van der Waals surface area contributed by atoms with Gasteiger partial charge in [-0.05, 0) is 98.8 Å². The Labute approximate surface area is 205 Å². The molecule has 2 heterocycles. The van der Waals surface area contributed by atoms with E-state index in [0.29, 0.717) is 16.5 Å². The minimum Gasteiger partial charge on any atom is -0.369 e. The number of benzene rings is 2. The first-order valence-corrected chi connectivity index (χ1v) is 12.3. The highest BCUT2D eigenvalue weighted by molar-refractivity contribution is 8.18. The fraction of sp³-hybridized carbons (Fsp3) is 0.370. The molecule has 1 N–H and O–H groups in total. The largest absolute Gasteiger partial charge is 0.369 e. The highest BCUT2D eigenvalue weighted by Crippen LogP contribution is 2.44. The Morgan fingerprint density at radius 2 is 1.85 bits per heavy atom. The standard InChI is InChI=1S/C27H31N3O3S/c1-16-7-9-20(10-8-16)28-24(31)15-30-25(32)23(34-26(30)33)13-19-12-21-18(3)14-27(4,5)29(6)22(21)11-17(19)2/h7-13,18H,14-15H2,1-6H3,(H,28,31)/b23-13-/t18-/m0/s1. The maximum absolute atomic E-state index is 13.0. The smallest absolute Gasteiger partial charge is 0.294 e. The molecule has 178 valence electrons. The van der Waals surface area contributed by atoms with Crippen LogP contribution in [0.25, 0.3) is 6.08 Å². The predicted octanol–water partition coefficient (Wildman–Crippen LogP) is 5.70. The zero-order valence-electron chi connectivity index (χ0n) is 20.6. The van der Waals surface area contributed by atoms with Crippen LogP contribution in [0.1, 0.15) is 55.4 Å². The molecule has 0 aromatic heterocycles. The third kappa shape index (κ3) is 4.62. The summed E-state index contributed by atoms with van der Waals surface area (Å²) in [5.74, 6) is -0.455. The van der Waals surface area contributed by atoms with E-state index in [1.54, 1.807) is 18.2 Å². The van der Waals surface area contributed by atoms with Gasteiger partial charge >= 0.3 is 0 Å². The second kappa shape index (κ2) is 8.95. The lowest BCUT2D eigenvalue weighted by molar-refractivity contribution is -0.127. The lowest BCUT2D eigenvalue weighted by atomic mass is 9.79. The molecule has 3 amide bonds. The molecule has 0 spiro atoms. The molecule has 0 unspecified atom stereocenters. The van der Waals surface area contributed by atoms with Crippen molar-refractivity contribution in [1.82, 2.24) is 4.90 Å². The minimum atomic E-state index is -0.433. The zero-order chi connectivity index (χ0) is 24.8. The number of carbonyl (C=O) groups is 3. The second-order valence-electron chi connectivity index (χ2n) is 9.93. The number of imide groups is 1. The molecule has 0 bridgehead atoms. The van der Waals surface area contributed by atoms with E-state index in [9.17, 15) is 14.4 Å². The van der Waals surface area contributed by atoms with Gasteiger partial charge in [-0.25, -0.2) is 0 Å². The number of fused-ring (bicyclic) bond motifs is 1. The Kier molecular flexibility index (Phi) is 6.34. The Morgan fingerprint density at radius 3 is 2.53 bits per heavy atom. The summed E-state index contributed by atoms with van der Waals surface area (Å²) in [6.07, 6.45) is 2.82. The molecule has 2 aromatic carbocycles. The molecule has 2 aliphatic rings. The first-order chi connectivity index (χ1) is 16.0. The van der Waals surface area contributed by atoms with Gasteiger partial charge in [-0.15, -0.1) is 0 Å². The predicted molar refractivity (Wildman–Crippen MR) is 139 cm³/mol. The van der Waals surface area contributed by atoms with Crippen molar-refractivity contribution in [2.24, 2.45) is 0 Å². The van der Waals surface area contributed by atoms with Gasteiger partial charge in [0.15, 0.2) is 0 Å². The van der Waals surface area contributed by atoms with Crippen molar-refractivity contribution in [3.8, 4) is 0 Å². The Morgan fingerprint density at radius 1 is 1.18 bits per heavy atom. The summed E-state index contributed by atoms with van der Waals surface area (Å²) in [6.45, 7) is 10.4. The molecule has 0 aliphatic carbocycles. The minimum absolute atomic E-state index is 0.0716. The molecular formula is C27H31N3O3S. The Bertz CT molecular complexity index is 1200. The van der Waals surface area contributed by atoms with Gasteiger partial charge in [0, 0.05) is 24.0 Å². The second-order valence-corrected chi connectivity index (χ2v) is 10.9. The van der Waals surface area contributed by atoms with E-state index in [2.05, 4.69) is 50.2 Å². The summed E-state index contributed by atoms with van der Waals surface area (Å²) < 4.78 is 0. The zero-order valence-corrected chi connectivity index (χ0v) is 21.4. The lowest BCUT2D eigenvalue weighted by Gasteiger charge is -2.45. The fourth-order valence-electron chi connectivity index (χ4n) is 4.65. The number of hydrogen-bond donors (Lipinski definition) is 1. The molecule has 1 saturated heterocycles. The molecule has 6 nitrogen and oxygen atoms in total. The number of amides is 3. The number of nitrogens with zero attached hydrogens (tertiary/aromatic N) is 2. The molecule has 1 atom stereocenters. The SMILES string of the molecule is Cc1ccc(NC(=O)CN2C(=O)S/C(=C\c3cc4c(cc3C)N(C)C(C)(C)C[C@@H]4C)C2=O)cc1. The highest BCUT2D eigenvalue weighted by atomic mass is 32.2. The van der Waals surface area contributed by atoms with Crippen LogP contribution < -0.4 is 10.2 Å². The van der Waals surface area contributed by atoms with Crippen LogP contribution in [0.5, 0.6) is 0 Å². The van der Waals surface area contributed by atoms with Crippen molar-refractivity contribution >= 4 is 46.3 Å². The molecule has 0 saturated carbocycles. The number of hydrogen-bond acceptors (Lipinski definition) is 5. The highest BCUT2D eigenvalue weighted by Gasteiger charge is 2.37. The first-order valence-electron chi connectivity index (χ1n) is 11.5. The third-order valence-corrected chi connectivity index (χ3v) is 7.73. The van der Waals surface area contributed by atoms with E-state index in [-0.39, 0.29) is 12.1 Å². The maximum Gasteiger partial charge on any atom is 0.294 e. The number of nitrogens with one attached hydrogen (secondary N) is 1. The van der Waals surface area contributed by atoms with Crippen LogP contribution in [0.3, 0.4) is 0 Å². The van der Waals surface area contributed by atoms with Gasteiger partial charge in [0.2, 0.25) is 5.91 Å². The van der Waals surface area contributed by atoms with Crippen molar-refractivity contribution < 1.29 is 14.4 Å². The Balaban J connectivity index is 1.54. The number of anilines is 2. The van der Waals surface area contributed by atoms with Gasteiger partial charge in [0.1, 0.15) is 6.54 Å². The first kappa shape index (κ1) is 24.1. The van der Waals surface area contributed by atoms with E-state index in [0.717, 1.165) is 39.8 Å². The van der Waals surface area contributed by atoms with Crippen LogP contribution in [0, 0.1) is 13.8 Å². The van der Waals surface area contributed by atoms with Crippen molar-refractivity contribution in [3.05, 3.63) is 63.6 Å². The van der Waals surface area contributed by atoms with Crippen molar-refractivity contribution in [3.63, 3.8) is 0 Å². The quantitative estimate of drug-likeness (QED) is 0.572. The molecule has 2 aliphatic heterocycles. The summed E-state index contributed by atoms with van der Waals surface area (Å²) in [5, 5.41) is 2.31. The monoisotopic (exact) mass is 477 g/mol. The van der Waals surface area contributed by atoms with E-state index in [1.165, 1.54) is 11.3 Å². The van der Waals surface area contributed by atoms with E-state index in [1.807, 2.05) is 26.0 Å². The Hall–Kier alpha value is -3.06. The number of aryl methyl sites for hydroxylation is 2.